The monoisotopic (exact) mass is 539 g/mol. The molecular formula is C18H27BrIN3OS. The van der Waals surface area contributed by atoms with Crippen molar-refractivity contribution >= 4 is 57.6 Å². The van der Waals surface area contributed by atoms with Crippen molar-refractivity contribution in [3.8, 4) is 0 Å². The number of aliphatic imine (C=N–C) groups is 1. The number of nitrogens with one attached hydrogen (secondary N) is 2. The van der Waals surface area contributed by atoms with Gasteiger partial charge in [0.15, 0.2) is 5.96 Å². The molecular weight excluding hydrogens is 513 g/mol. The molecule has 1 heterocycles. The van der Waals surface area contributed by atoms with Crippen LogP contribution in [0.5, 0.6) is 0 Å². The number of aliphatic hydroxyl groups is 1. The van der Waals surface area contributed by atoms with Crippen molar-refractivity contribution in [3.63, 3.8) is 0 Å². The average Bonchev–Trinajstić information content (AvgIpc) is 3.24. The molecule has 1 aromatic rings. The highest BCUT2D eigenvalue weighted by atomic mass is 127. The fourth-order valence-electron chi connectivity index (χ4n) is 3.13. The van der Waals surface area contributed by atoms with E-state index in [1.807, 2.05) is 11.8 Å². The third-order valence-corrected chi connectivity index (χ3v) is 6.78. The summed E-state index contributed by atoms with van der Waals surface area (Å²) in [5, 5.41) is 17.3. The Kier molecular flexibility index (Phi) is 7.91. The van der Waals surface area contributed by atoms with Crippen LogP contribution in [0.3, 0.4) is 0 Å². The number of thioether (sulfide) groups is 1. The lowest BCUT2D eigenvalue weighted by molar-refractivity contribution is 0.0778. The molecule has 3 rings (SSSR count). The predicted octanol–water partition coefficient (Wildman–Crippen LogP) is 3.52. The van der Waals surface area contributed by atoms with E-state index in [0.29, 0.717) is 6.54 Å². The maximum absolute atomic E-state index is 10.5. The van der Waals surface area contributed by atoms with Crippen molar-refractivity contribution in [3.05, 3.63) is 34.3 Å². The smallest absolute Gasteiger partial charge is 0.191 e. The molecule has 0 radical (unpaired) electrons. The summed E-state index contributed by atoms with van der Waals surface area (Å²) >= 11 is 5.49. The second-order valence-corrected chi connectivity index (χ2v) is 8.80. The van der Waals surface area contributed by atoms with Gasteiger partial charge in [0.2, 0.25) is 0 Å². The van der Waals surface area contributed by atoms with E-state index in [-0.39, 0.29) is 29.4 Å². The van der Waals surface area contributed by atoms with E-state index < -0.39 is 5.60 Å². The summed E-state index contributed by atoms with van der Waals surface area (Å²) < 4.78 is 1.18. The first-order valence-electron chi connectivity index (χ1n) is 8.64. The highest BCUT2D eigenvalue weighted by Gasteiger charge is 2.45. The van der Waals surface area contributed by atoms with Gasteiger partial charge in [-0.05, 0) is 43.6 Å². The number of guanidine groups is 1. The predicted molar refractivity (Wildman–Crippen MR) is 121 cm³/mol. The molecule has 2 fully saturated rings. The molecule has 1 aliphatic carbocycles. The van der Waals surface area contributed by atoms with Gasteiger partial charge in [0.25, 0.3) is 0 Å². The van der Waals surface area contributed by atoms with E-state index in [1.54, 1.807) is 0 Å². The Labute approximate surface area is 180 Å². The Bertz CT molecular complexity index is 604. The van der Waals surface area contributed by atoms with Crippen LogP contribution in [0.1, 0.15) is 31.7 Å². The third kappa shape index (κ3) is 5.49. The molecule has 25 heavy (non-hydrogen) atoms. The molecule has 0 spiro atoms. The number of rotatable bonds is 6. The molecule has 1 unspecified atom stereocenters. The molecule has 0 bridgehead atoms. The zero-order chi connectivity index (χ0) is 17.0. The second kappa shape index (κ2) is 9.28. The van der Waals surface area contributed by atoms with E-state index in [4.69, 9.17) is 0 Å². The van der Waals surface area contributed by atoms with Crippen LogP contribution in [-0.4, -0.2) is 47.8 Å². The van der Waals surface area contributed by atoms with Crippen molar-refractivity contribution in [2.45, 2.75) is 37.2 Å². The van der Waals surface area contributed by atoms with Gasteiger partial charge in [-0.15, -0.1) is 24.0 Å². The van der Waals surface area contributed by atoms with Crippen LogP contribution in [0, 0.1) is 0 Å². The molecule has 0 aromatic heterocycles. The first-order valence-corrected chi connectivity index (χ1v) is 10.6. The number of hydrogen-bond acceptors (Lipinski definition) is 3. The van der Waals surface area contributed by atoms with Crippen LogP contribution in [0.4, 0.5) is 0 Å². The van der Waals surface area contributed by atoms with E-state index in [1.165, 1.54) is 22.9 Å². The van der Waals surface area contributed by atoms with Gasteiger partial charge in [0.05, 0.1) is 12.1 Å². The van der Waals surface area contributed by atoms with Crippen LogP contribution in [-0.2, 0) is 5.41 Å². The Balaban J connectivity index is 0.00000225. The molecule has 140 valence electrons. The summed E-state index contributed by atoms with van der Waals surface area (Å²) in [5.41, 5.74) is 0.947. The van der Waals surface area contributed by atoms with Crippen LogP contribution < -0.4 is 10.6 Å². The first-order chi connectivity index (χ1) is 11.6. The minimum absolute atomic E-state index is 0. The summed E-state index contributed by atoms with van der Waals surface area (Å²) in [5.74, 6) is 2.62. The van der Waals surface area contributed by atoms with Gasteiger partial charge < -0.3 is 15.7 Å². The largest absolute Gasteiger partial charge is 0.387 e. The third-order valence-electron chi connectivity index (χ3n) is 4.85. The summed E-state index contributed by atoms with van der Waals surface area (Å²) in [7, 11) is 0. The van der Waals surface area contributed by atoms with Crippen molar-refractivity contribution in [2.24, 2.45) is 4.99 Å². The Morgan fingerprint density at radius 2 is 2.04 bits per heavy atom. The normalized spacial score (nSPS) is 24.5. The standard InChI is InChI=1S/C18H26BrN3OS.HI/c1-2-20-16(22-12-18(23)9-10-24-13-18)21-11-17(7-8-17)14-5-3-4-6-15(14)19;/h3-6,23H,2,7-13H2,1H3,(H2,20,21,22);1H. The highest BCUT2D eigenvalue weighted by Crippen LogP contribution is 2.49. The molecule has 1 saturated heterocycles. The summed E-state index contributed by atoms with van der Waals surface area (Å²) in [6.07, 6.45) is 3.23. The van der Waals surface area contributed by atoms with E-state index >= 15 is 0 Å². The lowest BCUT2D eigenvalue weighted by Crippen LogP contribution is -2.43. The molecule has 1 aromatic carbocycles. The lowest BCUT2D eigenvalue weighted by Gasteiger charge is -2.22. The van der Waals surface area contributed by atoms with Gasteiger partial charge >= 0.3 is 0 Å². The van der Waals surface area contributed by atoms with Crippen molar-refractivity contribution < 1.29 is 5.11 Å². The van der Waals surface area contributed by atoms with Crippen LogP contribution in [0.2, 0.25) is 0 Å². The first kappa shape index (κ1) is 21.3. The second-order valence-electron chi connectivity index (χ2n) is 6.84. The summed E-state index contributed by atoms with van der Waals surface area (Å²) in [6, 6.07) is 8.49. The molecule has 3 N–H and O–H groups in total. The van der Waals surface area contributed by atoms with Gasteiger partial charge in [-0.2, -0.15) is 11.8 Å². The van der Waals surface area contributed by atoms with E-state index in [0.717, 1.165) is 37.0 Å². The highest BCUT2D eigenvalue weighted by molar-refractivity contribution is 14.0. The maximum atomic E-state index is 10.5. The molecule has 0 amide bonds. The van der Waals surface area contributed by atoms with Crippen molar-refractivity contribution in [1.82, 2.24) is 10.6 Å². The maximum Gasteiger partial charge on any atom is 0.191 e. The number of halogens is 2. The molecule has 1 saturated carbocycles. The van der Waals surface area contributed by atoms with Crippen LogP contribution >= 0.6 is 51.7 Å². The van der Waals surface area contributed by atoms with E-state index in [2.05, 4.69) is 62.7 Å². The average molecular weight is 540 g/mol. The molecule has 7 heteroatoms. The molecule has 2 aliphatic rings. The lowest BCUT2D eigenvalue weighted by atomic mass is 9.96. The Morgan fingerprint density at radius 1 is 1.28 bits per heavy atom. The zero-order valence-electron chi connectivity index (χ0n) is 14.6. The minimum atomic E-state index is -0.632. The van der Waals surface area contributed by atoms with Crippen LogP contribution in [0.15, 0.2) is 33.7 Å². The summed E-state index contributed by atoms with van der Waals surface area (Å²) in [4.78, 5) is 4.63. The van der Waals surface area contributed by atoms with Gasteiger partial charge in [-0.3, -0.25) is 4.99 Å². The number of hydrogen-bond donors (Lipinski definition) is 3. The fraction of sp³-hybridized carbons (Fsp3) is 0.611. The SMILES string of the molecule is CCNC(=NCC1(O)CCSC1)NCC1(c2ccccc2Br)CC1.I. The quantitative estimate of drug-likeness (QED) is 0.294. The number of benzene rings is 1. The summed E-state index contributed by atoms with van der Waals surface area (Å²) in [6.45, 7) is 4.23. The fourth-order valence-corrected chi connectivity index (χ4v) is 5.12. The molecule has 1 atom stereocenters. The van der Waals surface area contributed by atoms with Crippen molar-refractivity contribution in [2.75, 3.05) is 31.1 Å². The van der Waals surface area contributed by atoms with Gasteiger partial charge in [-0.1, -0.05) is 34.1 Å². The molecule has 4 nitrogen and oxygen atoms in total. The Hall–Kier alpha value is 0.01000. The topological polar surface area (TPSA) is 56.7 Å². The zero-order valence-corrected chi connectivity index (χ0v) is 19.3. The van der Waals surface area contributed by atoms with Crippen molar-refractivity contribution in [1.29, 1.82) is 0 Å². The van der Waals surface area contributed by atoms with Gasteiger partial charge in [0.1, 0.15) is 0 Å². The Morgan fingerprint density at radius 3 is 2.64 bits per heavy atom. The number of nitrogens with zero attached hydrogens (tertiary/aromatic N) is 1. The van der Waals surface area contributed by atoms with Gasteiger partial charge in [0, 0.05) is 28.7 Å². The minimum Gasteiger partial charge on any atom is -0.387 e. The molecule has 1 aliphatic heterocycles. The van der Waals surface area contributed by atoms with Crippen LogP contribution in [0.25, 0.3) is 0 Å². The van der Waals surface area contributed by atoms with E-state index in [9.17, 15) is 5.11 Å². The van der Waals surface area contributed by atoms with Gasteiger partial charge in [-0.25, -0.2) is 0 Å².